The third-order valence-electron chi connectivity index (χ3n) is 5.41. The Morgan fingerprint density at radius 1 is 1.26 bits per heavy atom. The van der Waals surface area contributed by atoms with Gasteiger partial charge in [0.05, 0.1) is 11.0 Å². The lowest BCUT2D eigenvalue weighted by Crippen LogP contribution is -2.45. The molecule has 3 aliphatic carbocycles. The first-order valence-electron chi connectivity index (χ1n) is 6.58. The first-order chi connectivity index (χ1) is 8.66. The molecule has 0 aromatic carbocycles. The van der Waals surface area contributed by atoms with Crippen molar-refractivity contribution in [2.24, 2.45) is 10.8 Å². The minimum Gasteiger partial charge on any atom is -0.481 e. The van der Waals surface area contributed by atoms with Crippen molar-refractivity contribution in [3.05, 3.63) is 23.3 Å². The van der Waals surface area contributed by atoms with Gasteiger partial charge in [-0.25, -0.2) is 0 Å². The summed E-state index contributed by atoms with van der Waals surface area (Å²) in [5, 5.41) is 20.2. The normalized spacial score (nSPS) is 39.7. The molecule has 1 saturated carbocycles. The summed E-state index contributed by atoms with van der Waals surface area (Å²) in [6.45, 7) is 7.22. The quantitative estimate of drug-likeness (QED) is 0.707. The van der Waals surface area contributed by atoms with E-state index < -0.39 is 22.4 Å². The molecule has 3 rings (SSSR count). The van der Waals surface area contributed by atoms with E-state index in [1.165, 1.54) is 0 Å². The first kappa shape index (κ1) is 12.6. The summed E-state index contributed by atoms with van der Waals surface area (Å²) in [7, 11) is 0. The number of carboxylic acid groups (broad SMARTS) is 1. The highest BCUT2D eigenvalue weighted by Crippen LogP contribution is 2.67. The van der Waals surface area contributed by atoms with Crippen molar-refractivity contribution in [2.75, 3.05) is 0 Å². The lowest BCUT2D eigenvalue weighted by atomic mass is 9.67. The molecule has 0 heterocycles. The van der Waals surface area contributed by atoms with E-state index in [2.05, 4.69) is 6.58 Å². The number of Topliss-reactive ketones (excluding diaryl/α,β-unsaturated/α-hetero) is 1. The van der Waals surface area contributed by atoms with Gasteiger partial charge in [-0.2, -0.15) is 0 Å². The van der Waals surface area contributed by atoms with Crippen LogP contribution in [0.3, 0.4) is 0 Å². The highest BCUT2D eigenvalue weighted by Gasteiger charge is 2.66. The summed E-state index contributed by atoms with van der Waals surface area (Å²) < 4.78 is 0. The van der Waals surface area contributed by atoms with Gasteiger partial charge in [0.2, 0.25) is 0 Å². The molecule has 2 N–H and O–H groups in total. The zero-order valence-corrected chi connectivity index (χ0v) is 11.2. The Labute approximate surface area is 111 Å². The summed E-state index contributed by atoms with van der Waals surface area (Å²) in [5.74, 6) is -1.05. The standard InChI is InChI=1S/C15H18O4/c1-8-11(16)9-6-13(2,12(17)18)7-10(9)14(3,19)15(8)4-5-15/h19H,1,4-7H2,2-3H3,(H,17,18)/t13-,14+/m1/s1. The highest BCUT2D eigenvalue weighted by atomic mass is 16.4. The third kappa shape index (κ3) is 1.27. The van der Waals surface area contributed by atoms with Gasteiger partial charge in [-0.3, -0.25) is 9.59 Å². The Hall–Kier alpha value is -1.42. The van der Waals surface area contributed by atoms with Gasteiger partial charge in [-0.15, -0.1) is 0 Å². The van der Waals surface area contributed by atoms with E-state index in [4.69, 9.17) is 0 Å². The van der Waals surface area contributed by atoms with Crippen LogP contribution < -0.4 is 0 Å². The fourth-order valence-electron chi connectivity index (χ4n) is 3.79. The van der Waals surface area contributed by atoms with Crippen LogP contribution in [0.1, 0.15) is 39.5 Å². The molecule has 3 aliphatic rings. The SMILES string of the molecule is C=C1C(=O)C2=C(C[C@](C)(C(=O)O)C2)[C@](C)(O)C12CC2. The van der Waals surface area contributed by atoms with Crippen LogP contribution in [-0.4, -0.2) is 27.6 Å². The Balaban J connectivity index is 2.12. The van der Waals surface area contributed by atoms with Crippen molar-refractivity contribution in [3.63, 3.8) is 0 Å². The second-order valence-corrected chi connectivity index (χ2v) is 6.64. The number of rotatable bonds is 1. The van der Waals surface area contributed by atoms with Crippen molar-refractivity contribution in [2.45, 2.75) is 45.1 Å². The van der Waals surface area contributed by atoms with Crippen LogP contribution in [0.15, 0.2) is 23.3 Å². The van der Waals surface area contributed by atoms with Crippen LogP contribution in [0.4, 0.5) is 0 Å². The van der Waals surface area contributed by atoms with Crippen LogP contribution in [0.2, 0.25) is 0 Å². The van der Waals surface area contributed by atoms with Gasteiger partial charge in [-0.05, 0) is 45.1 Å². The number of hydrogen-bond acceptors (Lipinski definition) is 3. The maximum atomic E-state index is 12.4. The molecule has 0 saturated heterocycles. The second-order valence-electron chi connectivity index (χ2n) is 6.64. The number of allylic oxidation sites excluding steroid dienone is 1. The number of ketones is 1. The molecule has 2 atom stereocenters. The van der Waals surface area contributed by atoms with Crippen LogP contribution in [0.5, 0.6) is 0 Å². The van der Waals surface area contributed by atoms with Gasteiger partial charge in [0.1, 0.15) is 0 Å². The van der Waals surface area contributed by atoms with E-state index in [0.717, 1.165) is 12.8 Å². The Morgan fingerprint density at radius 2 is 1.84 bits per heavy atom. The minimum absolute atomic E-state index is 0.135. The number of carboxylic acids is 1. The molecule has 0 unspecified atom stereocenters. The Bertz CT molecular complexity index is 563. The van der Waals surface area contributed by atoms with E-state index >= 15 is 0 Å². The fraction of sp³-hybridized carbons (Fsp3) is 0.600. The number of aliphatic carboxylic acids is 1. The molecule has 1 spiro atoms. The van der Waals surface area contributed by atoms with Crippen LogP contribution in [-0.2, 0) is 9.59 Å². The van der Waals surface area contributed by atoms with Gasteiger partial charge in [-0.1, -0.05) is 6.58 Å². The van der Waals surface area contributed by atoms with Crippen LogP contribution in [0.25, 0.3) is 0 Å². The molecule has 0 aliphatic heterocycles. The van der Waals surface area contributed by atoms with Gasteiger partial charge in [0, 0.05) is 16.6 Å². The van der Waals surface area contributed by atoms with Gasteiger partial charge >= 0.3 is 5.97 Å². The summed E-state index contributed by atoms with van der Waals surface area (Å²) in [4.78, 5) is 23.8. The van der Waals surface area contributed by atoms with Crippen molar-refractivity contribution in [1.82, 2.24) is 0 Å². The lowest BCUT2D eigenvalue weighted by Gasteiger charge is -2.40. The molecule has 0 aromatic rings. The molecule has 1 fully saturated rings. The van der Waals surface area contributed by atoms with Gasteiger partial charge < -0.3 is 10.2 Å². The Kier molecular flexibility index (Phi) is 2.11. The van der Waals surface area contributed by atoms with E-state index in [1.54, 1.807) is 13.8 Å². The predicted octanol–water partition coefficient (Wildman–Crippen LogP) is 1.84. The summed E-state index contributed by atoms with van der Waals surface area (Å²) >= 11 is 0. The highest BCUT2D eigenvalue weighted by molar-refractivity contribution is 6.12. The molecule has 4 heteroatoms. The van der Waals surface area contributed by atoms with Gasteiger partial charge in [0.25, 0.3) is 0 Å². The number of carbonyl (C=O) groups is 2. The summed E-state index contributed by atoms with van der Waals surface area (Å²) in [5.41, 5.74) is -1.06. The topological polar surface area (TPSA) is 74.6 Å². The molecular weight excluding hydrogens is 244 g/mol. The average molecular weight is 262 g/mol. The fourth-order valence-corrected chi connectivity index (χ4v) is 3.79. The molecule has 19 heavy (non-hydrogen) atoms. The van der Waals surface area contributed by atoms with Crippen molar-refractivity contribution >= 4 is 11.8 Å². The monoisotopic (exact) mass is 262 g/mol. The van der Waals surface area contributed by atoms with Crippen molar-refractivity contribution in [3.8, 4) is 0 Å². The van der Waals surface area contributed by atoms with Crippen LogP contribution >= 0.6 is 0 Å². The molecule has 0 amide bonds. The van der Waals surface area contributed by atoms with E-state index in [-0.39, 0.29) is 18.6 Å². The molecular formula is C15H18O4. The molecule has 0 bridgehead atoms. The number of aliphatic hydroxyl groups is 1. The van der Waals surface area contributed by atoms with Crippen molar-refractivity contribution in [1.29, 1.82) is 0 Å². The van der Waals surface area contributed by atoms with Gasteiger partial charge in [0.15, 0.2) is 5.78 Å². The largest absolute Gasteiger partial charge is 0.481 e. The smallest absolute Gasteiger partial charge is 0.310 e. The number of hydrogen-bond donors (Lipinski definition) is 2. The summed E-state index contributed by atoms with van der Waals surface area (Å²) in [6, 6.07) is 0. The van der Waals surface area contributed by atoms with E-state index in [1.807, 2.05) is 0 Å². The molecule has 4 nitrogen and oxygen atoms in total. The number of carbonyl (C=O) groups excluding carboxylic acids is 1. The summed E-state index contributed by atoms with van der Waals surface area (Å²) in [6.07, 6.45) is 1.96. The maximum absolute atomic E-state index is 12.4. The zero-order valence-electron chi connectivity index (χ0n) is 11.2. The lowest BCUT2D eigenvalue weighted by molar-refractivity contribution is -0.147. The second kappa shape index (κ2) is 3.18. The first-order valence-corrected chi connectivity index (χ1v) is 6.58. The van der Waals surface area contributed by atoms with Crippen molar-refractivity contribution < 1.29 is 19.8 Å². The minimum atomic E-state index is -1.12. The van der Waals surface area contributed by atoms with E-state index in [9.17, 15) is 19.8 Å². The van der Waals surface area contributed by atoms with Crippen LogP contribution in [0, 0.1) is 10.8 Å². The molecule has 0 radical (unpaired) electrons. The van der Waals surface area contributed by atoms with E-state index in [0.29, 0.717) is 16.7 Å². The zero-order chi connectivity index (χ0) is 14.2. The average Bonchev–Trinajstić information content (AvgIpc) is 3.05. The molecule has 0 aromatic heterocycles. The third-order valence-corrected chi connectivity index (χ3v) is 5.41. The predicted molar refractivity (Wildman–Crippen MR) is 68.4 cm³/mol. The maximum Gasteiger partial charge on any atom is 0.310 e. The molecule has 102 valence electrons. The Morgan fingerprint density at radius 3 is 2.32 bits per heavy atom.